The van der Waals surface area contributed by atoms with Gasteiger partial charge >= 0.3 is 0 Å². The average Bonchev–Trinajstić information content (AvgIpc) is 2.78. The number of aliphatic hydroxyl groups is 1. The molecule has 0 spiro atoms. The van der Waals surface area contributed by atoms with Crippen molar-refractivity contribution in [2.24, 2.45) is 5.92 Å². The highest BCUT2D eigenvalue weighted by Crippen LogP contribution is 2.28. The van der Waals surface area contributed by atoms with E-state index in [-0.39, 0.29) is 36.9 Å². The zero-order valence-corrected chi connectivity index (χ0v) is 12.5. The molecule has 0 radical (unpaired) electrons. The normalized spacial score (nSPS) is 29.6. The molecule has 2 heterocycles. The molecule has 0 saturated carbocycles. The Kier molecular flexibility index (Phi) is 4.54. The third kappa shape index (κ3) is 3.48. The zero-order valence-electron chi connectivity index (χ0n) is 10.9. The van der Waals surface area contributed by atoms with Crippen molar-refractivity contribution in [1.29, 1.82) is 0 Å². The number of nitrogens with zero attached hydrogens (tertiary/aromatic N) is 1. The standard InChI is InChI=1S/C11H21NO5S2/c13-6-2-10-1-5-12(9-10)19(16,17)11-3-7-18(14,15)8-4-11/h10-11,13H,1-9H2. The second-order valence-electron chi connectivity index (χ2n) is 5.42. The second-order valence-corrected chi connectivity index (χ2v) is 9.94. The Hall–Kier alpha value is -0.180. The summed E-state index contributed by atoms with van der Waals surface area (Å²) >= 11 is 0. The van der Waals surface area contributed by atoms with E-state index in [9.17, 15) is 16.8 Å². The first-order valence-corrected chi connectivity index (χ1v) is 9.98. The minimum Gasteiger partial charge on any atom is -0.396 e. The van der Waals surface area contributed by atoms with Crippen molar-refractivity contribution in [3.05, 3.63) is 0 Å². The lowest BCUT2D eigenvalue weighted by Crippen LogP contribution is -2.41. The van der Waals surface area contributed by atoms with Gasteiger partial charge in [0.25, 0.3) is 0 Å². The molecular weight excluding hydrogens is 290 g/mol. The number of hydrogen-bond acceptors (Lipinski definition) is 5. The molecule has 19 heavy (non-hydrogen) atoms. The predicted octanol–water partition coefficient (Wildman–Crippen LogP) is -0.402. The summed E-state index contributed by atoms with van der Waals surface area (Å²) in [5.74, 6) is 0.183. The van der Waals surface area contributed by atoms with Crippen LogP contribution < -0.4 is 0 Å². The van der Waals surface area contributed by atoms with Crippen molar-refractivity contribution in [3.63, 3.8) is 0 Å². The summed E-state index contributed by atoms with van der Waals surface area (Å²) in [5, 5.41) is 8.34. The SMILES string of the molecule is O=S1(=O)CCC(S(=O)(=O)N2CCC(CCO)C2)CC1. The van der Waals surface area contributed by atoms with Gasteiger partial charge < -0.3 is 5.11 Å². The minimum atomic E-state index is -3.38. The fraction of sp³-hybridized carbons (Fsp3) is 1.00. The quantitative estimate of drug-likeness (QED) is 0.762. The van der Waals surface area contributed by atoms with E-state index in [1.54, 1.807) is 0 Å². The average molecular weight is 311 g/mol. The van der Waals surface area contributed by atoms with E-state index in [0.717, 1.165) is 6.42 Å². The second kappa shape index (κ2) is 5.67. The minimum absolute atomic E-state index is 0.0230. The van der Waals surface area contributed by atoms with Crippen LogP contribution in [-0.4, -0.2) is 62.7 Å². The Morgan fingerprint density at radius 2 is 1.79 bits per heavy atom. The topological polar surface area (TPSA) is 91.8 Å². The molecule has 112 valence electrons. The summed E-state index contributed by atoms with van der Waals surface area (Å²) in [6.45, 7) is 1.04. The molecule has 0 aromatic carbocycles. The van der Waals surface area contributed by atoms with Gasteiger partial charge in [-0.3, -0.25) is 0 Å². The van der Waals surface area contributed by atoms with E-state index in [0.29, 0.717) is 19.5 Å². The summed E-state index contributed by atoms with van der Waals surface area (Å²) in [4.78, 5) is 0. The van der Waals surface area contributed by atoms with E-state index in [2.05, 4.69) is 0 Å². The third-order valence-electron chi connectivity index (χ3n) is 4.07. The van der Waals surface area contributed by atoms with Gasteiger partial charge in [0.2, 0.25) is 10.0 Å². The summed E-state index contributed by atoms with van der Waals surface area (Å²) < 4.78 is 49.0. The Balaban J connectivity index is 2.00. The van der Waals surface area contributed by atoms with E-state index in [4.69, 9.17) is 5.11 Å². The summed E-state index contributed by atoms with van der Waals surface area (Å²) in [6.07, 6.45) is 1.84. The van der Waals surface area contributed by atoms with E-state index < -0.39 is 25.1 Å². The molecule has 8 heteroatoms. The maximum absolute atomic E-state index is 12.4. The molecule has 1 N–H and O–H groups in total. The predicted molar refractivity (Wildman–Crippen MR) is 72.0 cm³/mol. The maximum atomic E-state index is 12.4. The molecule has 0 amide bonds. The number of rotatable bonds is 4. The van der Waals surface area contributed by atoms with E-state index in [1.807, 2.05) is 0 Å². The lowest BCUT2D eigenvalue weighted by atomic mass is 10.1. The molecule has 1 unspecified atom stereocenters. The molecule has 0 bridgehead atoms. The van der Waals surface area contributed by atoms with Gasteiger partial charge in [0.15, 0.2) is 0 Å². The first-order valence-electron chi connectivity index (χ1n) is 6.65. The van der Waals surface area contributed by atoms with Gasteiger partial charge in [-0.2, -0.15) is 0 Å². The molecule has 2 rings (SSSR count). The maximum Gasteiger partial charge on any atom is 0.217 e. The molecule has 1 atom stereocenters. The van der Waals surface area contributed by atoms with Crippen molar-refractivity contribution in [2.45, 2.75) is 30.9 Å². The first kappa shape index (κ1) is 15.2. The van der Waals surface area contributed by atoms with Gasteiger partial charge in [-0.1, -0.05) is 0 Å². The summed E-state index contributed by atoms with van der Waals surface area (Å²) in [6, 6.07) is 0. The molecule has 2 fully saturated rings. The Morgan fingerprint density at radius 3 is 2.37 bits per heavy atom. The van der Waals surface area contributed by atoms with Gasteiger partial charge in [0, 0.05) is 19.7 Å². The van der Waals surface area contributed by atoms with Crippen LogP contribution >= 0.6 is 0 Å². The Morgan fingerprint density at radius 1 is 1.16 bits per heavy atom. The smallest absolute Gasteiger partial charge is 0.217 e. The molecule has 2 aliphatic heterocycles. The van der Waals surface area contributed by atoms with Crippen LogP contribution in [0, 0.1) is 5.92 Å². The largest absolute Gasteiger partial charge is 0.396 e. The third-order valence-corrected chi connectivity index (χ3v) is 8.15. The molecule has 2 aliphatic rings. The lowest BCUT2D eigenvalue weighted by molar-refractivity contribution is 0.259. The molecule has 2 saturated heterocycles. The first-order chi connectivity index (χ1) is 8.85. The highest BCUT2D eigenvalue weighted by atomic mass is 32.2. The van der Waals surface area contributed by atoms with Crippen molar-refractivity contribution in [3.8, 4) is 0 Å². The van der Waals surface area contributed by atoms with Crippen LogP contribution in [0.5, 0.6) is 0 Å². The number of aliphatic hydroxyl groups excluding tert-OH is 1. The van der Waals surface area contributed by atoms with Gasteiger partial charge in [0.05, 0.1) is 16.8 Å². The van der Waals surface area contributed by atoms with Crippen LogP contribution in [0.2, 0.25) is 0 Å². The summed E-state index contributed by atoms with van der Waals surface area (Å²) in [5.41, 5.74) is 0. The number of sulfone groups is 1. The molecular formula is C11H21NO5S2. The van der Waals surface area contributed by atoms with Crippen molar-refractivity contribution < 1.29 is 21.9 Å². The monoisotopic (exact) mass is 311 g/mol. The highest BCUT2D eigenvalue weighted by Gasteiger charge is 2.39. The fourth-order valence-corrected chi connectivity index (χ4v) is 6.64. The highest BCUT2D eigenvalue weighted by molar-refractivity contribution is 7.92. The molecule has 0 aliphatic carbocycles. The number of hydrogen-bond donors (Lipinski definition) is 1. The number of sulfonamides is 1. The molecule has 6 nitrogen and oxygen atoms in total. The van der Waals surface area contributed by atoms with Crippen molar-refractivity contribution in [2.75, 3.05) is 31.2 Å². The van der Waals surface area contributed by atoms with Crippen LogP contribution in [-0.2, 0) is 19.9 Å². The zero-order chi connectivity index (χ0) is 14.1. The van der Waals surface area contributed by atoms with Crippen LogP contribution in [0.3, 0.4) is 0 Å². The van der Waals surface area contributed by atoms with Crippen LogP contribution in [0.1, 0.15) is 25.7 Å². The molecule has 0 aromatic heterocycles. The van der Waals surface area contributed by atoms with Crippen LogP contribution in [0.25, 0.3) is 0 Å². The molecule has 0 aromatic rings. The van der Waals surface area contributed by atoms with Gasteiger partial charge in [0.1, 0.15) is 9.84 Å². The van der Waals surface area contributed by atoms with E-state index >= 15 is 0 Å². The van der Waals surface area contributed by atoms with Crippen molar-refractivity contribution in [1.82, 2.24) is 4.31 Å². The van der Waals surface area contributed by atoms with E-state index in [1.165, 1.54) is 4.31 Å². The fourth-order valence-electron chi connectivity index (χ4n) is 2.82. The van der Waals surface area contributed by atoms with Gasteiger partial charge in [-0.25, -0.2) is 21.1 Å². The summed E-state index contributed by atoms with van der Waals surface area (Å²) in [7, 11) is -6.41. The van der Waals surface area contributed by atoms with Gasteiger partial charge in [-0.15, -0.1) is 0 Å². The van der Waals surface area contributed by atoms with Crippen LogP contribution in [0.15, 0.2) is 0 Å². The lowest BCUT2D eigenvalue weighted by Gasteiger charge is -2.27. The van der Waals surface area contributed by atoms with Gasteiger partial charge in [-0.05, 0) is 31.6 Å². The van der Waals surface area contributed by atoms with Crippen LogP contribution in [0.4, 0.5) is 0 Å². The Bertz CT molecular complexity index is 499. The van der Waals surface area contributed by atoms with Crippen molar-refractivity contribution >= 4 is 19.9 Å². The Labute approximate surface area is 114 Å².